The summed E-state index contributed by atoms with van der Waals surface area (Å²) in [6.45, 7) is 2.46. The third kappa shape index (κ3) is 3.05. The molecule has 1 fully saturated rings. The Balaban J connectivity index is 1.77. The molecule has 1 N–H and O–H groups in total. The highest BCUT2D eigenvalue weighted by Crippen LogP contribution is 2.19. The maximum absolute atomic E-state index is 12.7. The lowest BCUT2D eigenvalue weighted by atomic mass is 10.2. The Morgan fingerprint density at radius 3 is 3.14 bits per heavy atom. The van der Waals surface area contributed by atoms with Gasteiger partial charge in [-0.05, 0) is 26.2 Å². The Kier molecular flexibility index (Phi) is 4.26. The van der Waals surface area contributed by atoms with Crippen LogP contribution >= 0.6 is 0 Å². The van der Waals surface area contributed by atoms with E-state index in [1.807, 2.05) is 25.1 Å². The zero-order valence-electron chi connectivity index (χ0n) is 12.8. The van der Waals surface area contributed by atoms with Crippen LogP contribution in [0.1, 0.15) is 10.5 Å². The number of furan rings is 1. The number of carbonyl (C=O) groups excluding carboxylic acids is 1. The Bertz CT molecular complexity index is 621. The van der Waals surface area contributed by atoms with Gasteiger partial charge in [0.2, 0.25) is 0 Å². The molecule has 0 aromatic carbocycles. The number of amides is 1. The summed E-state index contributed by atoms with van der Waals surface area (Å²) in [6.07, 6.45) is 1.59. The molecular weight excluding hydrogens is 284 g/mol. The summed E-state index contributed by atoms with van der Waals surface area (Å²) in [5, 5.41) is 6.98. The number of hydrogen-bond donors (Lipinski definition) is 1. The Morgan fingerprint density at radius 1 is 1.55 bits per heavy atom. The van der Waals surface area contributed by atoms with Gasteiger partial charge in [-0.25, -0.2) is 0 Å². The number of hydrogen-bond acceptors (Lipinski definition) is 5. The molecule has 1 amide bonds. The molecule has 7 heteroatoms. The molecule has 1 aliphatic heterocycles. The largest absolute Gasteiger partial charge is 0.463 e. The van der Waals surface area contributed by atoms with Gasteiger partial charge >= 0.3 is 0 Å². The minimum absolute atomic E-state index is 0.0417. The summed E-state index contributed by atoms with van der Waals surface area (Å²) in [4.78, 5) is 16.6. The van der Waals surface area contributed by atoms with Crippen LogP contribution in [0.3, 0.4) is 0 Å². The zero-order valence-corrected chi connectivity index (χ0v) is 12.8. The van der Waals surface area contributed by atoms with Gasteiger partial charge in [0.15, 0.2) is 11.5 Å². The quantitative estimate of drug-likeness (QED) is 0.914. The second kappa shape index (κ2) is 6.33. The standard InChI is InChI=1S/C15H20N4O3/c1-18(2)9-11-10-21-7-5-19(11)15(20)13-8-12(16-17-13)14-4-3-6-22-14/h3-4,6,8,11H,5,7,9-10H2,1-2H3,(H,16,17). The number of nitrogens with one attached hydrogen (secondary N) is 1. The van der Waals surface area contributed by atoms with Crippen molar-refractivity contribution in [2.24, 2.45) is 0 Å². The number of aromatic nitrogens is 2. The molecule has 0 bridgehead atoms. The molecule has 1 unspecified atom stereocenters. The van der Waals surface area contributed by atoms with E-state index in [-0.39, 0.29) is 11.9 Å². The number of nitrogens with zero attached hydrogens (tertiary/aromatic N) is 3. The van der Waals surface area contributed by atoms with E-state index in [1.54, 1.807) is 18.4 Å². The summed E-state index contributed by atoms with van der Waals surface area (Å²) in [7, 11) is 3.97. The monoisotopic (exact) mass is 304 g/mol. The van der Waals surface area contributed by atoms with Gasteiger partial charge in [0.25, 0.3) is 5.91 Å². The van der Waals surface area contributed by atoms with Crippen molar-refractivity contribution in [2.75, 3.05) is 40.4 Å². The number of aromatic amines is 1. The van der Waals surface area contributed by atoms with E-state index >= 15 is 0 Å². The lowest BCUT2D eigenvalue weighted by molar-refractivity contribution is -0.00859. The normalized spacial score (nSPS) is 18.9. The molecule has 2 aromatic heterocycles. The van der Waals surface area contributed by atoms with Crippen LogP contribution in [0.15, 0.2) is 28.9 Å². The van der Waals surface area contributed by atoms with E-state index in [0.29, 0.717) is 36.9 Å². The summed E-state index contributed by atoms with van der Waals surface area (Å²) < 4.78 is 10.8. The van der Waals surface area contributed by atoms with Gasteiger partial charge in [-0.1, -0.05) is 0 Å². The lowest BCUT2D eigenvalue weighted by Crippen LogP contribution is -2.52. The minimum Gasteiger partial charge on any atom is -0.463 e. The molecule has 0 saturated carbocycles. The topological polar surface area (TPSA) is 74.6 Å². The number of morpholine rings is 1. The first-order chi connectivity index (χ1) is 10.6. The van der Waals surface area contributed by atoms with Gasteiger partial charge in [-0.2, -0.15) is 5.10 Å². The lowest BCUT2D eigenvalue weighted by Gasteiger charge is -2.36. The SMILES string of the molecule is CN(C)CC1COCCN1C(=O)c1cc(-c2ccco2)[nH]n1. The van der Waals surface area contributed by atoms with Gasteiger partial charge in [0, 0.05) is 19.2 Å². The molecule has 118 valence electrons. The van der Waals surface area contributed by atoms with E-state index in [1.165, 1.54) is 0 Å². The summed E-state index contributed by atoms with van der Waals surface area (Å²) in [5.41, 5.74) is 1.10. The van der Waals surface area contributed by atoms with Crippen LogP contribution in [-0.4, -0.2) is 72.3 Å². The number of rotatable bonds is 4. The first-order valence-electron chi connectivity index (χ1n) is 7.28. The Morgan fingerprint density at radius 2 is 2.41 bits per heavy atom. The van der Waals surface area contributed by atoms with Gasteiger partial charge in [0.1, 0.15) is 5.69 Å². The number of H-pyrrole nitrogens is 1. The fraction of sp³-hybridized carbons (Fsp3) is 0.467. The van der Waals surface area contributed by atoms with Crippen molar-refractivity contribution in [2.45, 2.75) is 6.04 Å². The van der Waals surface area contributed by atoms with Crippen molar-refractivity contribution in [1.29, 1.82) is 0 Å². The molecule has 7 nitrogen and oxygen atoms in total. The fourth-order valence-electron chi connectivity index (χ4n) is 2.63. The summed E-state index contributed by atoms with van der Waals surface area (Å²) >= 11 is 0. The summed E-state index contributed by atoms with van der Waals surface area (Å²) in [6, 6.07) is 5.39. The molecule has 3 rings (SSSR count). The molecule has 2 aromatic rings. The second-order valence-electron chi connectivity index (χ2n) is 5.63. The highest BCUT2D eigenvalue weighted by molar-refractivity contribution is 5.93. The van der Waals surface area contributed by atoms with Crippen molar-refractivity contribution >= 4 is 5.91 Å². The molecule has 0 radical (unpaired) electrons. The molecule has 1 aliphatic rings. The second-order valence-corrected chi connectivity index (χ2v) is 5.63. The molecular formula is C15H20N4O3. The maximum Gasteiger partial charge on any atom is 0.274 e. The highest BCUT2D eigenvalue weighted by Gasteiger charge is 2.29. The van der Waals surface area contributed by atoms with Crippen LogP contribution in [-0.2, 0) is 4.74 Å². The maximum atomic E-state index is 12.7. The van der Waals surface area contributed by atoms with Gasteiger partial charge in [-0.15, -0.1) is 0 Å². The highest BCUT2D eigenvalue weighted by atomic mass is 16.5. The van der Waals surface area contributed by atoms with Gasteiger partial charge < -0.3 is 19.0 Å². The van der Waals surface area contributed by atoms with Crippen LogP contribution in [0.4, 0.5) is 0 Å². The average Bonchev–Trinajstić information content (AvgIpc) is 3.17. The minimum atomic E-state index is -0.0794. The van der Waals surface area contributed by atoms with Crippen LogP contribution in [0.2, 0.25) is 0 Å². The van der Waals surface area contributed by atoms with E-state index in [0.717, 1.165) is 6.54 Å². The smallest absolute Gasteiger partial charge is 0.274 e. The number of carbonyl (C=O) groups is 1. The average molecular weight is 304 g/mol. The molecule has 1 atom stereocenters. The fourth-order valence-corrected chi connectivity index (χ4v) is 2.63. The van der Waals surface area contributed by atoms with E-state index < -0.39 is 0 Å². The first kappa shape index (κ1) is 14.8. The third-order valence-corrected chi connectivity index (χ3v) is 3.65. The molecule has 0 spiro atoms. The number of ether oxygens (including phenoxy) is 1. The van der Waals surface area contributed by atoms with Crippen LogP contribution in [0.5, 0.6) is 0 Å². The molecule has 3 heterocycles. The third-order valence-electron chi connectivity index (χ3n) is 3.65. The van der Waals surface area contributed by atoms with Crippen molar-refractivity contribution in [3.63, 3.8) is 0 Å². The predicted molar refractivity (Wildman–Crippen MR) is 80.5 cm³/mol. The van der Waals surface area contributed by atoms with Crippen molar-refractivity contribution in [1.82, 2.24) is 20.0 Å². The zero-order chi connectivity index (χ0) is 15.5. The van der Waals surface area contributed by atoms with Crippen molar-refractivity contribution in [3.05, 3.63) is 30.2 Å². The van der Waals surface area contributed by atoms with Gasteiger partial charge in [-0.3, -0.25) is 9.89 Å². The van der Waals surface area contributed by atoms with Crippen LogP contribution in [0, 0.1) is 0 Å². The molecule has 1 saturated heterocycles. The van der Waals surface area contributed by atoms with Crippen LogP contribution < -0.4 is 0 Å². The van der Waals surface area contributed by atoms with E-state index in [9.17, 15) is 4.79 Å². The van der Waals surface area contributed by atoms with Crippen molar-refractivity contribution in [3.8, 4) is 11.5 Å². The first-order valence-corrected chi connectivity index (χ1v) is 7.28. The molecule has 22 heavy (non-hydrogen) atoms. The summed E-state index contributed by atoms with van der Waals surface area (Å²) in [5.74, 6) is 0.586. The molecule has 0 aliphatic carbocycles. The van der Waals surface area contributed by atoms with Crippen molar-refractivity contribution < 1.29 is 13.9 Å². The van der Waals surface area contributed by atoms with Crippen LogP contribution in [0.25, 0.3) is 11.5 Å². The Hall–Kier alpha value is -2.12. The van der Waals surface area contributed by atoms with E-state index in [2.05, 4.69) is 15.1 Å². The predicted octanol–water partition coefficient (Wildman–Crippen LogP) is 1.07. The number of likely N-dealkylation sites (N-methyl/N-ethyl adjacent to an activating group) is 1. The van der Waals surface area contributed by atoms with E-state index in [4.69, 9.17) is 9.15 Å². The Labute approximate surface area is 128 Å². The van der Waals surface area contributed by atoms with Gasteiger partial charge in [0.05, 0.1) is 25.5 Å².